The highest BCUT2D eigenvalue weighted by Gasteiger charge is 2.14. The fourth-order valence-corrected chi connectivity index (χ4v) is 2.06. The lowest BCUT2D eigenvalue weighted by molar-refractivity contribution is -0.121. The molecule has 4 nitrogen and oxygen atoms in total. The number of ether oxygens (including phenoxy) is 2. The molecular weight excluding hydrogens is 230 g/mol. The molecule has 0 radical (unpaired) electrons. The molecule has 0 fully saturated rings. The molecule has 0 spiro atoms. The summed E-state index contributed by atoms with van der Waals surface area (Å²) in [6.45, 7) is 2.43. The lowest BCUT2D eigenvalue weighted by atomic mass is 10.1. The van der Waals surface area contributed by atoms with Gasteiger partial charge >= 0.3 is 0 Å². The monoisotopic (exact) mass is 245 g/mol. The minimum absolute atomic E-state index is 0.446. The molecule has 2 aromatic rings. The third-order valence-corrected chi connectivity index (χ3v) is 2.85. The van der Waals surface area contributed by atoms with Crippen molar-refractivity contribution in [3.8, 4) is 22.8 Å². The predicted molar refractivity (Wildman–Crippen MR) is 68.8 cm³/mol. The van der Waals surface area contributed by atoms with Gasteiger partial charge in [-0.2, -0.15) is 0 Å². The third kappa shape index (κ3) is 2.09. The quantitative estimate of drug-likeness (QED) is 0.777. The van der Waals surface area contributed by atoms with Gasteiger partial charge in [-0.3, -0.25) is 4.79 Å². The van der Waals surface area contributed by atoms with E-state index in [1.54, 1.807) is 11.7 Å². The highest BCUT2D eigenvalue weighted by Crippen LogP contribution is 2.35. The van der Waals surface area contributed by atoms with Crippen LogP contribution in [0.2, 0.25) is 0 Å². The largest absolute Gasteiger partial charge is 0.497 e. The number of hydrogen-bond donors (Lipinski definition) is 0. The van der Waals surface area contributed by atoms with E-state index < -0.39 is 0 Å². The summed E-state index contributed by atoms with van der Waals surface area (Å²) in [4.78, 5) is 10.6. The minimum Gasteiger partial charge on any atom is -0.497 e. The number of aromatic nitrogens is 1. The zero-order valence-corrected chi connectivity index (χ0v) is 10.6. The van der Waals surface area contributed by atoms with Crippen LogP contribution in [-0.4, -0.2) is 18.1 Å². The molecule has 1 aromatic carbocycles. The fraction of sp³-hybridized carbons (Fsp3) is 0.214. The molecular formula is C14H15NO3. The van der Waals surface area contributed by atoms with Gasteiger partial charge in [-0.25, -0.2) is 0 Å². The summed E-state index contributed by atoms with van der Waals surface area (Å²) in [7, 11) is 3.47. The molecule has 1 heterocycles. The van der Waals surface area contributed by atoms with Crippen LogP contribution in [0, 0.1) is 6.92 Å². The maximum absolute atomic E-state index is 10.6. The summed E-state index contributed by atoms with van der Waals surface area (Å²) >= 11 is 0. The number of hydrogen-bond acceptors (Lipinski definition) is 3. The number of carbonyl (C=O) groups is 1. The number of rotatable bonds is 4. The van der Waals surface area contributed by atoms with Crippen LogP contribution in [-0.2, 0) is 11.8 Å². The maximum Gasteiger partial charge on any atom is 0.299 e. The molecule has 4 heteroatoms. The number of aryl methyl sites for hydroxylation is 2. The topological polar surface area (TPSA) is 40.5 Å². The standard InChI is InChI=1S/C14H15NO3/c1-10-8-15(2)14(18-9-16)13(10)11-4-6-12(17-3)7-5-11/h4-9H,1-3H3. The van der Waals surface area contributed by atoms with Gasteiger partial charge in [0.2, 0.25) is 5.88 Å². The zero-order chi connectivity index (χ0) is 13.1. The summed E-state index contributed by atoms with van der Waals surface area (Å²) in [6, 6.07) is 7.65. The molecule has 0 aliphatic heterocycles. The van der Waals surface area contributed by atoms with Crippen LogP contribution in [0.5, 0.6) is 11.6 Å². The molecule has 0 saturated heterocycles. The van der Waals surface area contributed by atoms with E-state index in [9.17, 15) is 4.79 Å². The molecule has 0 N–H and O–H groups in total. The summed E-state index contributed by atoms with van der Waals surface area (Å²) < 4.78 is 12.0. The molecule has 2 rings (SSSR count). The van der Waals surface area contributed by atoms with Crippen LogP contribution < -0.4 is 9.47 Å². The van der Waals surface area contributed by atoms with Gasteiger partial charge in [0.25, 0.3) is 6.47 Å². The summed E-state index contributed by atoms with van der Waals surface area (Å²) in [5.41, 5.74) is 2.97. The predicted octanol–water partition coefficient (Wildman–Crippen LogP) is 2.54. The van der Waals surface area contributed by atoms with Crippen LogP contribution in [0.4, 0.5) is 0 Å². The van der Waals surface area contributed by atoms with E-state index in [-0.39, 0.29) is 0 Å². The van der Waals surface area contributed by atoms with Gasteiger partial charge in [-0.1, -0.05) is 12.1 Å². The highest BCUT2D eigenvalue weighted by atomic mass is 16.5. The maximum atomic E-state index is 10.6. The van der Waals surface area contributed by atoms with Gasteiger partial charge in [0.05, 0.1) is 7.11 Å². The van der Waals surface area contributed by atoms with E-state index >= 15 is 0 Å². The average Bonchev–Trinajstić information content (AvgIpc) is 2.65. The minimum atomic E-state index is 0.446. The van der Waals surface area contributed by atoms with Crippen molar-refractivity contribution in [3.05, 3.63) is 36.0 Å². The van der Waals surface area contributed by atoms with Crippen molar-refractivity contribution in [3.63, 3.8) is 0 Å². The normalized spacial score (nSPS) is 10.2. The van der Waals surface area contributed by atoms with Crippen molar-refractivity contribution in [1.82, 2.24) is 4.57 Å². The van der Waals surface area contributed by atoms with Crippen LogP contribution in [0.15, 0.2) is 30.5 Å². The van der Waals surface area contributed by atoms with E-state index in [4.69, 9.17) is 9.47 Å². The molecule has 0 unspecified atom stereocenters. The first kappa shape index (κ1) is 12.2. The molecule has 18 heavy (non-hydrogen) atoms. The first-order valence-corrected chi connectivity index (χ1v) is 5.58. The third-order valence-electron chi connectivity index (χ3n) is 2.85. The number of nitrogens with zero attached hydrogens (tertiary/aromatic N) is 1. The summed E-state index contributed by atoms with van der Waals surface area (Å²) in [5.74, 6) is 1.35. The second kappa shape index (κ2) is 4.96. The Bertz CT molecular complexity index is 555. The Labute approximate surface area is 106 Å². The Morgan fingerprint density at radius 3 is 2.44 bits per heavy atom. The van der Waals surface area contributed by atoms with Crippen molar-refractivity contribution >= 4 is 6.47 Å². The first-order chi connectivity index (χ1) is 8.67. The van der Waals surface area contributed by atoms with Crippen molar-refractivity contribution in [1.29, 1.82) is 0 Å². The Morgan fingerprint density at radius 1 is 1.22 bits per heavy atom. The van der Waals surface area contributed by atoms with Gasteiger partial charge in [-0.15, -0.1) is 0 Å². The fourth-order valence-electron chi connectivity index (χ4n) is 2.06. The van der Waals surface area contributed by atoms with E-state index in [0.717, 1.165) is 22.4 Å². The van der Waals surface area contributed by atoms with Gasteiger partial charge in [0, 0.05) is 18.8 Å². The second-order valence-corrected chi connectivity index (χ2v) is 4.05. The van der Waals surface area contributed by atoms with Crippen LogP contribution in [0.25, 0.3) is 11.1 Å². The van der Waals surface area contributed by atoms with E-state index in [1.165, 1.54) is 0 Å². The van der Waals surface area contributed by atoms with Gasteiger partial charge in [0.15, 0.2) is 0 Å². The average molecular weight is 245 g/mol. The lowest BCUT2D eigenvalue weighted by Gasteiger charge is -2.06. The van der Waals surface area contributed by atoms with E-state index in [0.29, 0.717) is 12.4 Å². The van der Waals surface area contributed by atoms with Gasteiger partial charge in [-0.05, 0) is 30.2 Å². The Kier molecular flexibility index (Phi) is 3.37. The lowest BCUT2D eigenvalue weighted by Crippen LogP contribution is -1.96. The number of carbonyl (C=O) groups excluding carboxylic acids is 1. The molecule has 0 amide bonds. The first-order valence-electron chi connectivity index (χ1n) is 5.58. The molecule has 0 aliphatic rings. The van der Waals surface area contributed by atoms with E-state index in [1.807, 2.05) is 44.4 Å². The number of methoxy groups -OCH3 is 1. The van der Waals surface area contributed by atoms with Gasteiger partial charge < -0.3 is 14.0 Å². The van der Waals surface area contributed by atoms with E-state index in [2.05, 4.69) is 0 Å². The Morgan fingerprint density at radius 2 is 1.89 bits per heavy atom. The summed E-state index contributed by atoms with van der Waals surface area (Å²) in [6.07, 6.45) is 1.93. The summed E-state index contributed by atoms with van der Waals surface area (Å²) in [5, 5.41) is 0. The Hall–Kier alpha value is -2.23. The van der Waals surface area contributed by atoms with Crippen molar-refractivity contribution < 1.29 is 14.3 Å². The molecule has 0 atom stereocenters. The van der Waals surface area contributed by atoms with Crippen molar-refractivity contribution in [2.45, 2.75) is 6.92 Å². The smallest absolute Gasteiger partial charge is 0.299 e. The molecule has 1 aromatic heterocycles. The van der Waals surface area contributed by atoms with Gasteiger partial charge in [0.1, 0.15) is 5.75 Å². The van der Waals surface area contributed by atoms with Crippen LogP contribution in [0.1, 0.15) is 5.56 Å². The number of benzene rings is 1. The highest BCUT2D eigenvalue weighted by molar-refractivity contribution is 5.74. The Balaban J connectivity index is 2.51. The zero-order valence-electron chi connectivity index (χ0n) is 10.6. The van der Waals surface area contributed by atoms with Crippen LogP contribution in [0.3, 0.4) is 0 Å². The SMILES string of the molecule is COc1ccc(-c2c(C)cn(C)c2OC=O)cc1. The molecule has 94 valence electrons. The molecule has 0 bridgehead atoms. The molecule has 0 aliphatic carbocycles. The second-order valence-electron chi connectivity index (χ2n) is 4.05. The molecule has 0 saturated carbocycles. The van der Waals surface area contributed by atoms with Crippen molar-refractivity contribution in [2.24, 2.45) is 7.05 Å². The van der Waals surface area contributed by atoms with Crippen molar-refractivity contribution in [2.75, 3.05) is 7.11 Å². The van der Waals surface area contributed by atoms with Crippen LogP contribution >= 0.6 is 0 Å².